The molecule has 1 aliphatic carbocycles. The molecule has 0 bridgehead atoms. The van der Waals surface area contributed by atoms with Gasteiger partial charge in [0.25, 0.3) is 0 Å². The van der Waals surface area contributed by atoms with Gasteiger partial charge in [0.2, 0.25) is 10.0 Å². The highest BCUT2D eigenvalue weighted by Crippen LogP contribution is 2.27. The summed E-state index contributed by atoms with van der Waals surface area (Å²) in [5.74, 6) is 0.420. The average molecular weight is 320 g/mol. The van der Waals surface area contributed by atoms with Crippen molar-refractivity contribution >= 4 is 21.6 Å². The second-order valence-electron chi connectivity index (χ2n) is 4.88. The Morgan fingerprint density at radius 3 is 2.65 bits per heavy atom. The van der Waals surface area contributed by atoms with Crippen molar-refractivity contribution in [3.8, 4) is 5.75 Å². The molecular weight excluding hydrogens is 302 g/mol. The first kappa shape index (κ1) is 15.6. The van der Waals surface area contributed by atoms with E-state index in [0.717, 1.165) is 12.8 Å². The van der Waals surface area contributed by atoms with Crippen LogP contribution in [0.4, 0.5) is 0 Å². The van der Waals surface area contributed by atoms with Gasteiger partial charge in [-0.2, -0.15) is 0 Å². The van der Waals surface area contributed by atoms with E-state index in [9.17, 15) is 13.5 Å². The van der Waals surface area contributed by atoms with Gasteiger partial charge in [-0.25, -0.2) is 13.1 Å². The summed E-state index contributed by atoms with van der Waals surface area (Å²) in [6.07, 6.45) is 2.47. The zero-order valence-electron chi connectivity index (χ0n) is 11.2. The summed E-state index contributed by atoms with van der Waals surface area (Å²) in [5, 5.41) is 10.1. The predicted octanol–water partition coefficient (Wildman–Crippen LogP) is 1.93. The maximum Gasteiger partial charge on any atom is 0.240 e. The van der Waals surface area contributed by atoms with Gasteiger partial charge < -0.3 is 9.84 Å². The summed E-state index contributed by atoms with van der Waals surface area (Å²) < 4.78 is 32.1. The van der Waals surface area contributed by atoms with Crippen molar-refractivity contribution in [2.45, 2.75) is 42.7 Å². The van der Waals surface area contributed by atoms with Crippen LogP contribution >= 0.6 is 11.6 Å². The number of ether oxygens (including phenoxy) is 1. The van der Waals surface area contributed by atoms with E-state index in [2.05, 4.69) is 4.72 Å². The van der Waals surface area contributed by atoms with Crippen LogP contribution in [0.2, 0.25) is 5.02 Å². The number of hydrogen-bond donors (Lipinski definition) is 2. The van der Waals surface area contributed by atoms with E-state index in [1.165, 1.54) is 25.3 Å². The third kappa shape index (κ3) is 3.44. The van der Waals surface area contributed by atoms with Crippen LogP contribution in [0.5, 0.6) is 5.75 Å². The fourth-order valence-corrected chi connectivity index (χ4v) is 3.98. The van der Waals surface area contributed by atoms with Gasteiger partial charge in [0.15, 0.2) is 0 Å². The summed E-state index contributed by atoms with van der Waals surface area (Å²) in [5.41, 5.74) is 0. The highest BCUT2D eigenvalue weighted by Gasteiger charge is 2.28. The number of benzene rings is 1. The molecule has 2 N–H and O–H groups in total. The molecule has 0 aromatic heterocycles. The van der Waals surface area contributed by atoms with E-state index in [-0.39, 0.29) is 9.92 Å². The maximum absolute atomic E-state index is 12.3. The zero-order chi connectivity index (χ0) is 14.8. The lowest BCUT2D eigenvalue weighted by Crippen LogP contribution is -2.44. The standard InChI is InChI=1S/C13H18ClNO4S/c1-19-13-7-6-9(8-10(13)14)20(17,18)15-11-4-2-3-5-12(11)16/h6-8,11-12,15-16H,2-5H2,1H3/t11-,12-/m1/s1. The van der Waals surface area contributed by atoms with Gasteiger partial charge in [-0.1, -0.05) is 24.4 Å². The van der Waals surface area contributed by atoms with Crippen molar-refractivity contribution in [2.24, 2.45) is 0 Å². The van der Waals surface area contributed by atoms with Crippen molar-refractivity contribution in [3.63, 3.8) is 0 Å². The molecule has 0 unspecified atom stereocenters. The molecule has 20 heavy (non-hydrogen) atoms. The average Bonchev–Trinajstić information content (AvgIpc) is 2.41. The molecule has 0 radical (unpaired) electrons. The molecular formula is C13H18ClNO4S. The molecule has 0 aliphatic heterocycles. The fraction of sp³-hybridized carbons (Fsp3) is 0.538. The monoisotopic (exact) mass is 319 g/mol. The lowest BCUT2D eigenvalue weighted by Gasteiger charge is -2.28. The van der Waals surface area contributed by atoms with E-state index >= 15 is 0 Å². The minimum atomic E-state index is -3.69. The maximum atomic E-state index is 12.3. The largest absolute Gasteiger partial charge is 0.495 e. The second-order valence-corrected chi connectivity index (χ2v) is 7.00. The molecule has 0 heterocycles. The normalized spacial score (nSPS) is 23.6. The van der Waals surface area contributed by atoms with Crippen LogP contribution in [-0.2, 0) is 10.0 Å². The van der Waals surface area contributed by atoms with Crippen LogP contribution in [0.3, 0.4) is 0 Å². The van der Waals surface area contributed by atoms with Gasteiger partial charge in [-0.15, -0.1) is 0 Å². The fourth-order valence-electron chi connectivity index (χ4n) is 2.33. The van der Waals surface area contributed by atoms with Gasteiger partial charge in [-0.3, -0.25) is 0 Å². The van der Waals surface area contributed by atoms with Gasteiger partial charge in [0, 0.05) is 6.04 Å². The SMILES string of the molecule is COc1ccc(S(=O)(=O)N[C@@H]2CCCC[C@H]2O)cc1Cl. The summed E-state index contributed by atoms with van der Waals surface area (Å²) in [6, 6.07) is 3.85. The van der Waals surface area contributed by atoms with Crippen molar-refractivity contribution in [1.82, 2.24) is 4.72 Å². The Bertz CT molecular complexity index is 576. The predicted molar refractivity (Wildman–Crippen MR) is 76.6 cm³/mol. The van der Waals surface area contributed by atoms with Gasteiger partial charge >= 0.3 is 0 Å². The Hall–Kier alpha value is -0.820. The number of sulfonamides is 1. The number of hydrogen-bond acceptors (Lipinski definition) is 4. The molecule has 112 valence electrons. The first-order valence-electron chi connectivity index (χ1n) is 6.48. The van der Waals surface area contributed by atoms with E-state index in [1.807, 2.05) is 0 Å². The van der Waals surface area contributed by atoms with Crippen molar-refractivity contribution in [2.75, 3.05) is 7.11 Å². The molecule has 0 amide bonds. The highest BCUT2D eigenvalue weighted by atomic mass is 35.5. The number of halogens is 1. The number of rotatable bonds is 4. The van der Waals surface area contributed by atoms with E-state index in [0.29, 0.717) is 18.6 Å². The summed E-state index contributed by atoms with van der Waals surface area (Å²) in [4.78, 5) is 0.0704. The van der Waals surface area contributed by atoms with Crippen LogP contribution in [-0.4, -0.2) is 32.8 Å². The Balaban J connectivity index is 2.19. The molecule has 1 saturated carbocycles. The van der Waals surface area contributed by atoms with Crippen molar-refractivity contribution in [1.29, 1.82) is 0 Å². The van der Waals surface area contributed by atoms with Crippen LogP contribution in [0.25, 0.3) is 0 Å². The molecule has 0 spiro atoms. The van der Waals surface area contributed by atoms with E-state index in [4.69, 9.17) is 16.3 Å². The molecule has 1 aromatic carbocycles. The molecule has 1 aromatic rings. The molecule has 1 aliphatic rings. The number of methoxy groups -OCH3 is 1. The van der Waals surface area contributed by atoms with Gasteiger partial charge in [0.05, 0.1) is 23.1 Å². The summed E-state index contributed by atoms with van der Waals surface area (Å²) in [7, 11) is -2.23. The third-order valence-corrected chi connectivity index (χ3v) is 5.25. The minimum Gasteiger partial charge on any atom is -0.495 e. The Labute approximate surface area is 124 Å². The first-order valence-corrected chi connectivity index (χ1v) is 8.34. The Morgan fingerprint density at radius 2 is 2.05 bits per heavy atom. The number of nitrogens with one attached hydrogen (secondary N) is 1. The molecule has 2 rings (SSSR count). The van der Waals surface area contributed by atoms with Gasteiger partial charge in [-0.05, 0) is 31.0 Å². The number of aliphatic hydroxyl groups is 1. The minimum absolute atomic E-state index is 0.0704. The van der Waals surface area contributed by atoms with Crippen LogP contribution in [0.15, 0.2) is 23.1 Å². The van der Waals surface area contributed by atoms with Gasteiger partial charge in [0.1, 0.15) is 5.75 Å². The molecule has 5 nitrogen and oxygen atoms in total. The van der Waals surface area contributed by atoms with Crippen LogP contribution < -0.4 is 9.46 Å². The summed E-state index contributed by atoms with van der Waals surface area (Å²) in [6.45, 7) is 0. The van der Waals surface area contributed by atoms with Crippen LogP contribution in [0.1, 0.15) is 25.7 Å². The highest BCUT2D eigenvalue weighted by molar-refractivity contribution is 7.89. The molecule has 7 heteroatoms. The Morgan fingerprint density at radius 1 is 1.35 bits per heavy atom. The number of aliphatic hydroxyl groups excluding tert-OH is 1. The topological polar surface area (TPSA) is 75.6 Å². The van der Waals surface area contributed by atoms with Crippen molar-refractivity contribution < 1.29 is 18.3 Å². The summed E-state index contributed by atoms with van der Waals surface area (Å²) >= 11 is 5.94. The van der Waals surface area contributed by atoms with E-state index in [1.54, 1.807) is 0 Å². The lowest BCUT2D eigenvalue weighted by atomic mass is 9.93. The molecule has 1 fully saturated rings. The first-order chi connectivity index (χ1) is 9.44. The quantitative estimate of drug-likeness (QED) is 0.889. The molecule has 2 atom stereocenters. The van der Waals surface area contributed by atoms with Crippen LogP contribution in [0, 0.1) is 0 Å². The van der Waals surface area contributed by atoms with Crippen molar-refractivity contribution in [3.05, 3.63) is 23.2 Å². The molecule has 0 saturated heterocycles. The smallest absolute Gasteiger partial charge is 0.240 e. The third-order valence-electron chi connectivity index (χ3n) is 3.47. The zero-order valence-corrected chi connectivity index (χ0v) is 12.7. The lowest BCUT2D eigenvalue weighted by molar-refractivity contribution is 0.101. The Kier molecular flexibility index (Phi) is 4.90. The van der Waals surface area contributed by atoms with E-state index < -0.39 is 22.2 Å². The second kappa shape index (κ2) is 6.30.